The van der Waals surface area contributed by atoms with Crippen molar-refractivity contribution < 1.29 is 9.53 Å². The molecule has 2 rings (SSSR count). The van der Waals surface area contributed by atoms with Gasteiger partial charge in [-0.2, -0.15) is 0 Å². The summed E-state index contributed by atoms with van der Waals surface area (Å²) in [6, 6.07) is 0.395. The number of carbonyl (C=O) groups is 1. The number of rotatable bonds is 4. The number of hydrogen-bond donors (Lipinski definition) is 2. The third-order valence-electron chi connectivity index (χ3n) is 3.69. The van der Waals surface area contributed by atoms with Crippen molar-refractivity contribution in [2.24, 2.45) is 5.92 Å². The van der Waals surface area contributed by atoms with E-state index in [0.717, 1.165) is 39.1 Å². The normalized spacial score (nSPS) is 29.9. The molecule has 17 heavy (non-hydrogen) atoms. The Hall–Kier alpha value is -0.610. The quantitative estimate of drug-likeness (QED) is 0.772. The smallest absolute Gasteiger partial charge is 0.221 e. The zero-order chi connectivity index (χ0) is 11.9. The van der Waals surface area contributed by atoms with Crippen LogP contribution in [0.4, 0.5) is 0 Å². The molecule has 0 bridgehead atoms. The second-order valence-corrected chi connectivity index (χ2v) is 5.24. The van der Waals surface area contributed by atoms with Gasteiger partial charge < -0.3 is 15.4 Å². The van der Waals surface area contributed by atoms with Crippen molar-refractivity contribution in [3.63, 3.8) is 0 Å². The Kier molecular flexibility index (Phi) is 5.26. The van der Waals surface area contributed by atoms with Crippen molar-refractivity contribution >= 4 is 5.91 Å². The Morgan fingerprint density at radius 2 is 2.24 bits per heavy atom. The van der Waals surface area contributed by atoms with Crippen molar-refractivity contribution in [3.05, 3.63) is 0 Å². The van der Waals surface area contributed by atoms with E-state index in [1.807, 2.05) is 0 Å². The van der Waals surface area contributed by atoms with Crippen LogP contribution in [0.3, 0.4) is 0 Å². The summed E-state index contributed by atoms with van der Waals surface area (Å²) < 4.78 is 5.40. The standard InChI is InChI=1S/C13H24N2O2/c16-13(8-12-5-1-2-6-14-12)15-9-11-4-3-7-17-10-11/h11-12,14H,1-10H2,(H,15,16). The molecule has 2 fully saturated rings. The highest BCUT2D eigenvalue weighted by Gasteiger charge is 2.18. The average Bonchev–Trinajstić information content (AvgIpc) is 2.39. The van der Waals surface area contributed by atoms with Crippen LogP contribution in [-0.2, 0) is 9.53 Å². The fourth-order valence-electron chi connectivity index (χ4n) is 2.62. The van der Waals surface area contributed by atoms with Gasteiger partial charge in [0.05, 0.1) is 6.61 Å². The van der Waals surface area contributed by atoms with Crippen LogP contribution in [0.2, 0.25) is 0 Å². The lowest BCUT2D eigenvalue weighted by atomic mass is 10.0. The maximum atomic E-state index is 11.8. The van der Waals surface area contributed by atoms with E-state index in [1.54, 1.807) is 0 Å². The molecule has 2 saturated heterocycles. The van der Waals surface area contributed by atoms with Gasteiger partial charge in [0.25, 0.3) is 0 Å². The molecule has 0 aromatic carbocycles. The van der Waals surface area contributed by atoms with Gasteiger partial charge in [-0.3, -0.25) is 4.79 Å². The molecule has 98 valence electrons. The van der Waals surface area contributed by atoms with Crippen LogP contribution in [-0.4, -0.2) is 38.3 Å². The Bertz CT molecular complexity index is 234. The largest absolute Gasteiger partial charge is 0.381 e. The van der Waals surface area contributed by atoms with Crippen molar-refractivity contribution in [2.45, 2.75) is 44.6 Å². The predicted octanol–water partition coefficient (Wildman–Crippen LogP) is 1.06. The minimum atomic E-state index is 0.190. The minimum Gasteiger partial charge on any atom is -0.381 e. The van der Waals surface area contributed by atoms with Gasteiger partial charge in [0.15, 0.2) is 0 Å². The molecule has 0 aliphatic carbocycles. The van der Waals surface area contributed by atoms with E-state index in [0.29, 0.717) is 18.4 Å². The van der Waals surface area contributed by atoms with E-state index in [1.165, 1.54) is 19.3 Å². The number of carbonyl (C=O) groups excluding carboxylic acids is 1. The maximum Gasteiger partial charge on any atom is 0.221 e. The summed E-state index contributed by atoms with van der Waals surface area (Å²) in [6.45, 7) is 3.54. The number of piperidine rings is 1. The number of nitrogens with one attached hydrogen (secondary N) is 2. The fourth-order valence-corrected chi connectivity index (χ4v) is 2.62. The van der Waals surface area contributed by atoms with Crippen molar-refractivity contribution in [2.75, 3.05) is 26.3 Å². The Morgan fingerprint density at radius 3 is 2.94 bits per heavy atom. The van der Waals surface area contributed by atoms with Gasteiger partial charge in [-0.05, 0) is 38.1 Å². The summed E-state index contributed by atoms with van der Waals surface area (Å²) in [7, 11) is 0. The molecule has 0 aromatic rings. The van der Waals surface area contributed by atoms with Gasteiger partial charge in [-0.25, -0.2) is 0 Å². The van der Waals surface area contributed by atoms with Gasteiger partial charge in [-0.1, -0.05) is 6.42 Å². The summed E-state index contributed by atoms with van der Waals surface area (Å²) in [5.41, 5.74) is 0. The topological polar surface area (TPSA) is 50.4 Å². The van der Waals surface area contributed by atoms with Crippen LogP contribution in [0.1, 0.15) is 38.5 Å². The first-order valence-corrected chi connectivity index (χ1v) is 6.92. The average molecular weight is 240 g/mol. The highest BCUT2D eigenvalue weighted by Crippen LogP contribution is 2.13. The summed E-state index contributed by atoms with van der Waals surface area (Å²) >= 11 is 0. The molecule has 0 radical (unpaired) electrons. The van der Waals surface area contributed by atoms with Crippen LogP contribution in [0.5, 0.6) is 0 Å². The molecule has 0 spiro atoms. The predicted molar refractivity (Wildman–Crippen MR) is 66.8 cm³/mol. The number of amides is 1. The first kappa shape index (κ1) is 12.8. The Morgan fingerprint density at radius 1 is 1.29 bits per heavy atom. The lowest BCUT2D eigenvalue weighted by Crippen LogP contribution is -2.40. The molecule has 2 unspecified atom stereocenters. The van der Waals surface area contributed by atoms with E-state index in [-0.39, 0.29) is 5.91 Å². The molecule has 2 atom stereocenters. The summed E-state index contributed by atoms with van der Waals surface area (Å²) in [5, 5.41) is 6.44. The van der Waals surface area contributed by atoms with Crippen molar-refractivity contribution in [1.29, 1.82) is 0 Å². The van der Waals surface area contributed by atoms with Crippen molar-refractivity contribution in [3.8, 4) is 0 Å². The van der Waals surface area contributed by atoms with Gasteiger partial charge >= 0.3 is 0 Å². The van der Waals surface area contributed by atoms with Gasteiger partial charge in [0, 0.05) is 25.6 Å². The van der Waals surface area contributed by atoms with Crippen LogP contribution in [0, 0.1) is 5.92 Å². The minimum absolute atomic E-state index is 0.190. The van der Waals surface area contributed by atoms with Gasteiger partial charge in [0.2, 0.25) is 5.91 Å². The van der Waals surface area contributed by atoms with Crippen LogP contribution >= 0.6 is 0 Å². The zero-order valence-electron chi connectivity index (χ0n) is 10.5. The SMILES string of the molecule is O=C(CC1CCCCN1)NCC1CCCOC1. The van der Waals surface area contributed by atoms with E-state index in [4.69, 9.17) is 4.74 Å². The van der Waals surface area contributed by atoms with E-state index >= 15 is 0 Å². The monoisotopic (exact) mass is 240 g/mol. The molecule has 2 heterocycles. The van der Waals surface area contributed by atoms with Crippen LogP contribution in [0.15, 0.2) is 0 Å². The fraction of sp³-hybridized carbons (Fsp3) is 0.923. The molecule has 0 aromatic heterocycles. The third kappa shape index (κ3) is 4.64. The number of ether oxygens (including phenoxy) is 1. The first-order chi connectivity index (χ1) is 8.34. The van der Waals surface area contributed by atoms with Gasteiger partial charge in [0.1, 0.15) is 0 Å². The third-order valence-corrected chi connectivity index (χ3v) is 3.69. The summed E-state index contributed by atoms with van der Waals surface area (Å²) in [5.74, 6) is 0.710. The summed E-state index contributed by atoms with van der Waals surface area (Å²) in [6.07, 6.45) is 6.58. The molecule has 2 aliphatic rings. The molecule has 4 nitrogen and oxygen atoms in total. The first-order valence-electron chi connectivity index (χ1n) is 6.92. The van der Waals surface area contributed by atoms with E-state index in [2.05, 4.69) is 10.6 Å². The van der Waals surface area contributed by atoms with E-state index < -0.39 is 0 Å². The lowest BCUT2D eigenvalue weighted by molar-refractivity contribution is -0.122. The van der Waals surface area contributed by atoms with Crippen molar-refractivity contribution in [1.82, 2.24) is 10.6 Å². The van der Waals surface area contributed by atoms with Gasteiger partial charge in [-0.15, -0.1) is 0 Å². The highest BCUT2D eigenvalue weighted by atomic mass is 16.5. The van der Waals surface area contributed by atoms with Crippen LogP contribution < -0.4 is 10.6 Å². The molecule has 4 heteroatoms. The number of hydrogen-bond acceptors (Lipinski definition) is 3. The Balaban J connectivity index is 1.59. The summed E-state index contributed by atoms with van der Waals surface area (Å²) in [4.78, 5) is 11.8. The highest BCUT2D eigenvalue weighted by molar-refractivity contribution is 5.76. The second kappa shape index (κ2) is 6.97. The van der Waals surface area contributed by atoms with E-state index in [9.17, 15) is 4.79 Å². The maximum absolute atomic E-state index is 11.8. The molecular weight excluding hydrogens is 216 g/mol. The molecule has 2 N–H and O–H groups in total. The Labute approximate surface area is 103 Å². The second-order valence-electron chi connectivity index (χ2n) is 5.24. The molecule has 0 saturated carbocycles. The lowest BCUT2D eigenvalue weighted by Gasteiger charge is -2.24. The van der Waals surface area contributed by atoms with Crippen LogP contribution in [0.25, 0.3) is 0 Å². The molecule has 2 aliphatic heterocycles. The zero-order valence-corrected chi connectivity index (χ0v) is 10.5. The molecule has 1 amide bonds. The molecular formula is C13H24N2O2.